The van der Waals surface area contributed by atoms with E-state index in [1.165, 1.54) is 28.7 Å². The summed E-state index contributed by atoms with van der Waals surface area (Å²) in [7, 11) is 0. The van der Waals surface area contributed by atoms with Crippen LogP contribution in [0.4, 0.5) is 0 Å². The van der Waals surface area contributed by atoms with E-state index in [-0.39, 0.29) is 0 Å². The van der Waals surface area contributed by atoms with E-state index in [0.29, 0.717) is 6.04 Å². The lowest BCUT2D eigenvalue weighted by molar-refractivity contribution is 0.201. The van der Waals surface area contributed by atoms with Gasteiger partial charge in [0.25, 0.3) is 0 Å². The van der Waals surface area contributed by atoms with Gasteiger partial charge in [-0.2, -0.15) is 5.10 Å². The number of aryl methyl sites for hydroxylation is 2. The molecule has 1 saturated heterocycles. The predicted octanol–water partition coefficient (Wildman–Crippen LogP) is 1.87. The maximum atomic E-state index is 6.10. The van der Waals surface area contributed by atoms with Crippen molar-refractivity contribution in [1.82, 2.24) is 19.7 Å². The largest absolute Gasteiger partial charge is 0.327 e. The van der Waals surface area contributed by atoms with Crippen molar-refractivity contribution in [3.63, 3.8) is 0 Å². The normalized spacial score (nSPS) is 19.5. The van der Waals surface area contributed by atoms with E-state index < -0.39 is 0 Å². The van der Waals surface area contributed by atoms with E-state index >= 15 is 0 Å². The lowest BCUT2D eigenvalue weighted by atomic mass is 9.98. The van der Waals surface area contributed by atoms with Crippen LogP contribution >= 0.6 is 0 Å². The molecule has 3 rings (SSSR count). The van der Waals surface area contributed by atoms with E-state index in [4.69, 9.17) is 5.73 Å². The first-order valence-electron chi connectivity index (χ1n) is 8.01. The van der Waals surface area contributed by atoms with Crippen molar-refractivity contribution in [2.24, 2.45) is 5.73 Å². The molecule has 2 N–H and O–H groups in total. The number of nitrogens with zero attached hydrogens (tertiary/aromatic N) is 4. The molecule has 1 aliphatic heterocycles. The molecule has 0 radical (unpaired) electrons. The average Bonchev–Trinajstić information content (AvgIpc) is 2.97. The summed E-state index contributed by atoms with van der Waals surface area (Å²) in [6.45, 7) is 8.29. The van der Waals surface area contributed by atoms with E-state index in [9.17, 15) is 0 Å². The van der Waals surface area contributed by atoms with Gasteiger partial charge >= 0.3 is 0 Å². The van der Waals surface area contributed by atoms with Gasteiger partial charge in [0, 0.05) is 19.1 Å². The van der Waals surface area contributed by atoms with Crippen molar-refractivity contribution in [3.8, 4) is 0 Å². The third-order valence-electron chi connectivity index (χ3n) is 4.53. The molecule has 0 saturated carbocycles. The van der Waals surface area contributed by atoms with Crippen LogP contribution in [0.25, 0.3) is 0 Å². The zero-order valence-electron chi connectivity index (χ0n) is 13.5. The Bertz CT molecular complexity index is 620. The highest BCUT2D eigenvalue weighted by molar-refractivity contribution is 5.37. The Morgan fingerprint density at radius 1 is 1.18 bits per heavy atom. The zero-order valence-corrected chi connectivity index (χ0v) is 13.5. The van der Waals surface area contributed by atoms with Gasteiger partial charge in [0.1, 0.15) is 12.7 Å². The number of aromatic nitrogens is 3. The van der Waals surface area contributed by atoms with Crippen LogP contribution in [0.1, 0.15) is 35.1 Å². The number of benzene rings is 1. The van der Waals surface area contributed by atoms with Gasteiger partial charge in [-0.05, 0) is 55.5 Å². The fraction of sp³-hybridized carbons (Fsp3) is 0.529. The van der Waals surface area contributed by atoms with Crippen molar-refractivity contribution in [3.05, 3.63) is 47.0 Å². The molecule has 5 heteroatoms. The molecule has 2 aromatic rings. The van der Waals surface area contributed by atoms with Crippen LogP contribution in [0.5, 0.6) is 0 Å². The van der Waals surface area contributed by atoms with Gasteiger partial charge in [-0.3, -0.25) is 4.90 Å². The highest BCUT2D eigenvalue weighted by Crippen LogP contribution is 2.20. The quantitative estimate of drug-likeness (QED) is 0.936. The minimum absolute atomic E-state index is 0.328. The molecular weight excluding hydrogens is 274 g/mol. The Morgan fingerprint density at radius 2 is 1.95 bits per heavy atom. The molecule has 0 spiro atoms. The summed E-state index contributed by atoms with van der Waals surface area (Å²) in [6.07, 6.45) is 5.71. The van der Waals surface area contributed by atoms with Gasteiger partial charge in [0.15, 0.2) is 0 Å². The minimum atomic E-state index is 0.328. The second kappa shape index (κ2) is 6.58. The average molecular weight is 299 g/mol. The maximum Gasteiger partial charge on any atom is 0.137 e. The number of hydrogen-bond donors (Lipinski definition) is 1. The van der Waals surface area contributed by atoms with Crippen LogP contribution in [-0.4, -0.2) is 38.8 Å². The molecule has 5 nitrogen and oxygen atoms in total. The molecule has 22 heavy (non-hydrogen) atoms. The Balaban J connectivity index is 1.78. The minimum Gasteiger partial charge on any atom is -0.327 e. The molecule has 2 heterocycles. The maximum absolute atomic E-state index is 6.10. The van der Waals surface area contributed by atoms with Crippen LogP contribution in [-0.2, 0) is 13.1 Å². The van der Waals surface area contributed by atoms with E-state index in [2.05, 4.69) is 41.0 Å². The van der Waals surface area contributed by atoms with Gasteiger partial charge in [0.05, 0.1) is 6.54 Å². The Labute approximate surface area is 132 Å². The Morgan fingerprint density at radius 3 is 2.64 bits per heavy atom. The van der Waals surface area contributed by atoms with Crippen molar-refractivity contribution in [1.29, 1.82) is 0 Å². The first kappa shape index (κ1) is 15.2. The molecule has 1 atom stereocenters. The van der Waals surface area contributed by atoms with Gasteiger partial charge < -0.3 is 5.73 Å². The first-order valence-corrected chi connectivity index (χ1v) is 8.01. The van der Waals surface area contributed by atoms with Gasteiger partial charge in [0.2, 0.25) is 0 Å². The fourth-order valence-electron chi connectivity index (χ4n) is 3.25. The summed E-state index contributed by atoms with van der Waals surface area (Å²) >= 11 is 0. The first-order chi connectivity index (χ1) is 10.6. The van der Waals surface area contributed by atoms with E-state index in [1.54, 1.807) is 12.7 Å². The number of piperidine rings is 1. The summed E-state index contributed by atoms with van der Waals surface area (Å²) < 4.78 is 1.87. The van der Waals surface area contributed by atoms with Gasteiger partial charge in [-0.25, -0.2) is 9.67 Å². The molecule has 118 valence electrons. The second-order valence-corrected chi connectivity index (χ2v) is 6.44. The molecule has 1 fully saturated rings. The summed E-state index contributed by atoms with van der Waals surface area (Å²) in [5, 5.41) is 4.21. The summed E-state index contributed by atoms with van der Waals surface area (Å²) in [6, 6.07) is 4.94. The van der Waals surface area contributed by atoms with Crippen molar-refractivity contribution in [2.45, 2.75) is 45.8 Å². The number of likely N-dealkylation sites (tertiary alicyclic amines) is 1. The van der Waals surface area contributed by atoms with E-state index in [0.717, 1.165) is 32.6 Å². The summed E-state index contributed by atoms with van der Waals surface area (Å²) in [5.41, 5.74) is 11.5. The third kappa shape index (κ3) is 3.54. The SMILES string of the molecule is Cc1cc(C)c(Cn2cncn2)cc1CN1CCC[C@@H](N)C1. The van der Waals surface area contributed by atoms with Crippen molar-refractivity contribution >= 4 is 0 Å². The number of hydrogen-bond acceptors (Lipinski definition) is 4. The summed E-state index contributed by atoms with van der Waals surface area (Å²) in [4.78, 5) is 6.50. The van der Waals surface area contributed by atoms with Crippen molar-refractivity contribution < 1.29 is 0 Å². The van der Waals surface area contributed by atoms with Crippen molar-refractivity contribution in [2.75, 3.05) is 13.1 Å². The van der Waals surface area contributed by atoms with Crippen LogP contribution < -0.4 is 5.73 Å². The van der Waals surface area contributed by atoms with E-state index in [1.807, 2.05) is 4.68 Å². The molecule has 0 bridgehead atoms. The molecule has 0 aliphatic carbocycles. The van der Waals surface area contributed by atoms with Gasteiger partial charge in [-0.15, -0.1) is 0 Å². The highest BCUT2D eigenvalue weighted by atomic mass is 15.3. The molecule has 1 aromatic carbocycles. The summed E-state index contributed by atoms with van der Waals surface area (Å²) in [5.74, 6) is 0. The van der Waals surface area contributed by atoms with Gasteiger partial charge in [-0.1, -0.05) is 12.1 Å². The topological polar surface area (TPSA) is 60.0 Å². The zero-order chi connectivity index (χ0) is 15.5. The molecule has 1 aliphatic rings. The number of rotatable bonds is 4. The molecule has 1 aromatic heterocycles. The molecule has 0 amide bonds. The lowest BCUT2D eigenvalue weighted by Gasteiger charge is -2.31. The standard InChI is InChI=1S/C17H25N5/c1-13-6-14(2)16(9-22-12-19-11-20-22)7-15(13)8-21-5-3-4-17(18)10-21/h6-7,11-12,17H,3-5,8-10,18H2,1-2H3/t17-/m1/s1. The highest BCUT2D eigenvalue weighted by Gasteiger charge is 2.17. The lowest BCUT2D eigenvalue weighted by Crippen LogP contribution is -2.42. The number of nitrogens with two attached hydrogens (primary N) is 1. The second-order valence-electron chi connectivity index (χ2n) is 6.44. The smallest absolute Gasteiger partial charge is 0.137 e. The van der Waals surface area contributed by atoms with Crippen LogP contribution in [0, 0.1) is 13.8 Å². The van der Waals surface area contributed by atoms with Crippen LogP contribution in [0.15, 0.2) is 24.8 Å². The van der Waals surface area contributed by atoms with Crippen LogP contribution in [0.3, 0.4) is 0 Å². The molecule has 0 unspecified atom stereocenters. The predicted molar refractivity (Wildman–Crippen MR) is 87.5 cm³/mol. The molecular formula is C17H25N5. The Hall–Kier alpha value is -1.72. The monoisotopic (exact) mass is 299 g/mol. The third-order valence-corrected chi connectivity index (χ3v) is 4.53. The fourth-order valence-corrected chi connectivity index (χ4v) is 3.25. The van der Waals surface area contributed by atoms with Crippen LogP contribution in [0.2, 0.25) is 0 Å². The Kier molecular flexibility index (Phi) is 4.55.